The van der Waals surface area contributed by atoms with Gasteiger partial charge in [0.25, 0.3) is 6.02 Å². The number of fused-ring (bicyclic) bond motifs is 1. The number of aliphatic imine (C=N–C) groups is 2. The van der Waals surface area contributed by atoms with Gasteiger partial charge in [0.2, 0.25) is 0 Å². The van der Waals surface area contributed by atoms with Gasteiger partial charge < -0.3 is 24.2 Å². The van der Waals surface area contributed by atoms with Crippen molar-refractivity contribution in [3.63, 3.8) is 0 Å². The van der Waals surface area contributed by atoms with Gasteiger partial charge in [0.15, 0.2) is 0 Å². The van der Waals surface area contributed by atoms with Crippen molar-refractivity contribution in [3.8, 4) is 5.75 Å². The van der Waals surface area contributed by atoms with E-state index in [4.69, 9.17) is 4.74 Å². The van der Waals surface area contributed by atoms with Crippen LogP contribution in [0.1, 0.15) is 6.92 Å². The molecule has 1 aromatic rings. The van der Waals surface area contributed by atoms with Crippen LogP contribution in [-0.2, 0) is 4.74 Å². The smallest absolute Gasteiger partial charge is 0.406 e. The summed E-state index contributed by atoms with van der Waals surface area (Å²) in [7, 11) is 0. The molecule has 0 amide bonds. The molecular weight excluding hydrogens is 509 g/mol. The standard InChI is InChI=1S/C23H27F3N8O4/c1-16-13-31(10-11-32(16)17-2-4-18(5-3-17)38-23(24,25)26)19-6-8-30(14-28-19)15-29-20-12-27-22-33(20)9-7-21(37-22)34(35)36/h2-7,9,14,16,20-21,29H,8,10-13,15H2,1H3/t16?,20-,21?/m0/s1. The Labute approximate surface area is 216 Å². The summed E-state index contributed by atoms with van der Waals surface area (Å²) >= 11 is 0. The van der Waals surface area contributed by atoms with Crippen LogP contribution in [0.3, 0.4) is 0 Å². The largest absolute Gasteiger partial charge is 0.573 e. The van der Waals surface area contributed by atoms with E-state index in [0.29, 0.717) is 26.3 Å². The summed E-state index contributed by atoms with van der Waals surface area (Å²) < 4.78 is 46.5. The van der Waals surface area contributed by atoms with Crippen LogP contribution in [0.2, 0.25) is 0 Å². The normalized spacial score (nSPS) is 25.1. The van der Waals surface area contributed by atoms with Gasteiger partial charge in [0.05, 0.1) is 24.5 Å². The van der Waals surface area contributed by atoms with Crippen molar-refractivity contribution in [2.45, 2.75) is 31.7 Å². The number of anilines is 1. The molecule has 3 atom stereocenters. The number of amidine groups is 1. The molecule has 1 aromatic carbocycles. The van der Waals surface area contributed by atoms with Gasteiger partial charge >= 0.3 is 12.6 Å². The molecular formula is C23H27F3N8O4. The first kappa shape index (κ1) is 25.6. The van der Waals surface area contributed by atoms with Crippen LogP contribution in [0.25, 0.3) is 0 Å². The lowest BCUT2D eigenvalue weighted by molar-refractivity contribution is -0.552. The molecule has 0 aromatic heterocycles. The maximum Gasteiger partial charge on any atom is 0.573 e. The summed E-state index contributed by atoms with van der Waals surface area (Å²) in [5.74, 6) is 0.643. The van der Waals surface area contributed by atoms with E-state index in [2.05, 4.69) is 42.8 Å². The second-order valence-electron chi connectivity index (χ2n) is 9.15. The molecule has 4 aliphatic rings. The minimum atomic E-state index is -4.71. The van der Waals surface area contributed by atoms with E-state index in [-0.39, 0.29) is 24.0 Å². The van der Waals surface area contributed by atoms with Gasteiger partial charge in [-0.3, -0.25) is 20.3 Å². The summed E-state index contributed by atoms with van der Waals surface area (Å²) in [6, 6.07) is 6.30. The highest BCUT2D eigenvalue weighted by Gasteiger charge is 2.36. The summed E-state index contributed by atoms with van der Waals surface area (Å²) in [6.45, 7) is 5.78. The van der Waals surface area contributed by atoms with Crippen LogP contribution in [0.4, 0.5) is 18.9 Å². The third kappa shape index (κ3) is 5.77. The molecule has 1 N–H and O–H groups in total. The number of benzene rings is 1. The molecule has 0 aliphatic carbocycles. The van der Waals surface area contributed by atoms with Gasteiger partial charge in [-0.2, -0.15) is 0 Å². The second kappa shape index (κ2) is 10.4. The zero-order valence-corrected chi connectivity index (χ0v) is 20.5. The monoisotopic (exact) mass is 536 g/mol. The van der Waals surface area contributed by atoms with Gasteiger partial charge in [-0.1, -0.05) is 0 Å². The molecule has 5 rings (SSSR count). The lowest BCUT2D eigenvalue weighted by Crippen LogP contribution is -2.52. The Morgan fingerprint density at radius 1 is 1.26 bits per heavy atom. The molecule has 0 bridgehead atoms. The van der Waals surface area contributed by atoms with E-state index in [1.54, 1.807) is 29.6 Å². The molecule has 4 aliphatic heterocycles. The lowest BCUT2D eigenvalue weighted by Gasteiger charge is -2.42. The third-order valence-electron chi connectivity index (χ3n) is 6.55. The van der Waals surface area contributed by atoms with Crippen molar-refractivity contribution in [2.75, 3.05) is 44.3 Å². The molecule has 15 heteroatoms. The van der Waals surface area contributed by atoms with Crippen molar-refractivity contribution in [3.05, 3.63) is 58.6 Å². The number of nitrogens with zero attached hydrogens (tertiary/aromatic N) is 7. The number of hydrogen-bond acceptors (Lipinski definition) is 11. The molecule has 1 fully saturated rings. The highest BCUT2D eigenvalue weighted by Crippen LogP contribution is 2.28. The maximum atomic E-state index is 12.4. The summed E-state index contributed by atoms with van der Waals surface area (Å²) in [5, 5.41) is 14.3. The Balaban J connectivity index is 1.08. The highest BCUT2D eigenvalue weighted by molar-refractivity contribution is 5.78. The van der Waals surface area contributed by atoms with Gasteiger partial charge in [0, 0.05) is 50.2 Å². The first-order valence-electron chi connectivity index (χ1n) is 12.1. The molecule has 0 spiro atoms. The fourth-order valence-electron chi connectivity index (χ4n) is 4.69. The number of nitrogens with one attached hydrogen (secondary N) is 1. The zero-order chi connectivity index (χ0) is 26.9. The van der Waals surface area contributed by atoms with Crippen LogP contribution < -0.4 is 15.0 Å². The Morgan fingerprint density at radius 2 is 2.05 bits per heavy atom. The molecule has 0 saturated carbocycles. The minimum absolute atomic E-state index is 0.125. The van der Waals surface area contributed by atoms with Crippen molar-refractivity contribution in [2.24, 2.45) is 9.98 Å². The highest BCUT2D eigenvalue weighted by atomic mass is 19.4. The number of alkyl halides is 3. The molecule has 204 valence electrons. The summed E-state index contributed by atoms with van der Waals surface area (Å²) in [4.78, 5) is 27.3. The molecule has 38 heavy (non-hydrogen) atoms. The quantitative estimate of drug-likeness (QED) is 0.413. The van der Waals surface area contributed by atoms with Crippen LogP contribution >= 0.6 is 0 Å². The fourth-order valence-corrected chi connectivity index (χ4v) is 4.69. The third-order valence-corrected chi connectivity index (χ3v) is 6.55. The number of hydrogen-bond donors (Lipinski definition) is 1. The number of ether oxygens (including phenoxy) is 2. The first-order chi connectivity index (χ1) is 18.2. The molecule has 0 radical (unpaired) electrons. The fraction of sp³-hybridized carbons (Fsp3) is 0.478. The van der Waals surface area contributed by atoms with E-state index in [0.717, 1.165) is 24.6 Å². The molecule has 12 nitrogen and oxygen atoms in total. The molecule has 4 heterocycles. The molecule has 2 unspecified atom stereocenters. The SMILES string of the molecule is CC1CN(C2=CCN(CN[C@@H]3CN=C4OC([N+](=O)[O-])C=CN43)C=N2)CCN1c1ccc(OC(F)(F)F)cc1. The Morgan fingerprint density at radius 3 is 2.71 bits per heavy atom. The van der Waals surface area contributed by atoms with Crippen molar-refractivity contribution in [1.82, 2.24) is 20.0 Å². The van der Waals surface area contributed by atoms with E-state index < -0.39 is 17.5 Å². The first-order valence-corrected chi connectivity index (χ1v) is 12.1. The summed E-state index contributed by atoms with van der Waals surface area (Å²) in [6.07, 6.45) is 0.735. The zero-order valence-electron chi connectivity index (χ0n) is 20.5. The van der Waals surface area contributed by atoms with Gasteiger partial charge in [-0.25, -0.2) is 9.98 Å². The lowest BCUT2D eigenvalue weighted by atomic mass is 10.1. The number of nitro groups is 1. The van der Waals surface area contributed by atoms with Gasteiger partial charge in [0.1, 0.15) is 17.7 Å². The predicted molar refractivity (Wildman–Crippen MR) is 132 cm³/mol. The predicted octanol–water partition coefficient (Wildman–Crippen LogP) is 1.97. The topological polar surface area (TPSA) is 111 Å². The van der Waals surface area contributed by atoms with Gasteiger partial charge in [-0.15, -0.1) is 13.2 Å². The number of rotatable bonds is 7. The molecule has 1 saturated heterocycles. The van der Waals surface area contributed by atoms with Crippen molar-refractivity contribution < 1.29 is 27.6 Å². The Bertz CT molecular complexity index is 1160. The van der Waals surface area contributed by atoms with Crippen LogP contribution in [0.5, 0.6) is 5.75 Å². The average Bonchev–Trinajstić information content (AvgIpc) is 3.30. The van der Waals surface area contributed by atoms with Gasteiger partial charge in [-0.05, 0) is 37.3 Å². The number of halogens is 3. The minimum Gasteiger partial charge on any atom is -0.406 e. The second-order valence-corrected chi connectivity index (χ2v) is 9.15. The van der Waals surface area contributed by atoms with Crippen molar-refractivity contribution >= 4 is 18.0 Å². The van der Waals surface area contributed by atoms with Crippen molar-refractivity contribution in [1.29, 1.82) is 0 Å². The maximum absolute atomic E-state index is 12.4. The Kier molecular flexibility index (Phi) is 7.01. The number of piperazine rings is 1. The van der Waals surface area contributed by atoms with E-state index >= 15 is 0 Å². The average molecular weight is 537 g/mol. The van der Waals surface area contributed by atoms with E-state index in [1.165, 1.54) is 18.2 Å². The Hall–Kier alpha value is -4.01. The van der Waals surface area contributed by atoms with Crippen LogP contribution in [0, 0.1) is 10.1 Å². The van der Waals surface area contributed by atoms with E-state index in [9.17, 15) is 23.3 Å². The van der Waals surface area contributed by atoms with Crippen LogP contribution in [0.15, 0.2) is 58.4 Å². The summed E-state index contributed by atoms with van der Waals surface area (Å²) in [5.41, 5.74) is 0.840. The van der Waals surface area contributed by atoms with E-state index in [1.807, 2.05) is 4.90 Å². The van der Waals surface area contributed by atoms with Crippen LogP contribution in [-0.4, -0.2) is 96.2 Å².